The summed E-state index contributed by atoms with van der Waals surface area (Å²) in [6.07, 6.45) is -1.47. The molecule has 1 spiro atoms. The second kappa shape index (κ2) is 10.9. The van der Waals surface area contributed by atoms with E-state index in [9.17, 15) is 29.4 Å². The summed E-state index contributed by atoms with van der Waals surface area (Å²) in [6, 6.07) is 2.23. The number of rotatable bonds is 10. The fourth-order valence-corrected chi connectivity index (χ4v) is 6.90. The Morgan fingerprint density at radius 3 is 2.62 bits per heavy atom. The topological polar surface area (TPSA) is 181 Å². The zero-order valence-electron chi connectivity index (χ0n) is 23.9. The zero-order chi connectivity index (χ0) is 30.6. The van der Waals surface area contributed by atoms with Crippen molar-refractivity contribution < 1.29 is 53.4 Å². The van der Waals surface area contributed by atoms with E-state index in [1.807, 2.05) is 19.2 Å². The third kappa shape index (κ3) is 4.59. The van der Waals surface area contributed by atoms with Gasteiger partial charge in [-0.3, -0.25) is 9.59 Å². The van der Waals surface area contributed by atoms with Gasteiger partial charge in [0.2, 0.25) is 5.91 Å². The fourth-order valence-electron chi connectivity index (χ4n) is 6.90. The van der Waals surface area contributed by atoms with E-state index in [2.05, 4.69) is 10.2 Å². The lowest BCUT2D eigenvalue weighted by molar-refractivity contribution is -0.176. The quantitative estimate of drug-likeness (QED) is 0.273. The van der Waals surface area contributed by atoms with Crippen molar-refractivity contribution in [3.05, 3.63) is 35.1 Å². The van der Waals surface area contributed by atoms with E-state index in [1.165, 1.54) is 21.0 Å². The standard InChI is InChI=1S/C29H36N2O11/c1-14(32)25(35)30-17(6-8-21(33)34)27(37)40-15(2)26(36)41-19-9-10-29(38)20-13-16-5-7-18(39-4)23-22(16)28(29,24(19)42-23)11-12-31(20)3/h5,7,9,14-15,17,20,24,32,38H,6,8,10-13H2,1-4H3,(H,30,35)(H,33,34)/t14?,15?,17?,20-,24+,28+,29-/m1/s1. The van der Waals surface area contributed by atoms with Gasteiger partial charge in [-0.15, -0.1) is 0 Å². The summed E-state index contributed by atoms with van der Waals surface area (Å²) in [4.78, 5) is 51.2. The number of benzene rings is 1. The Hall–Kier alpha value is -3.68. The Balaban J connectivity index is 1.37. The fraction of sp³-hybridized carbons (Fsp3) is 0.586. The van der Waals surface area contributed by atoms with Gasteiger partial charge in [0, 0.05) is 24.4 Å². The molecule has 0 aromatic heterocycles. The predicted molar refractivity (Wildman–Crippen MR) is 144 cm³/mol. The highest BCUT2D eigenvalue weighted by molar-refractivity contribution is 5.88. The summed E-state index contributed by atoms with van der Waals surface area (Å²) < 4.78 is 23.1. The second-order valence-electron chi connectivity index (χ2n) is 11.5. The van der Waals surface area contributed by atoms with Crippen molar-refractivity contribution >= 4 is 23.8 Å². The molecule has 5 rings (SSSR count). The molecule has 1 amide bonds. The average Bonchev–Trinajstić information content (AvgIpc) is 3.29. The Kier molecular flexibility index (Phi) is 7.71. The van der Waals surface area contributed by atoms with Crippen LogP contribution in [0.2, 0.25) is 0 Å². The number of ether oxygens (including phenoxy) is 4. The lowest BCUT2D eigenvalue weighted by Gasteiger charge is -2.61. The number of esters is 2. The van der Waals surface area contributed by atoms with Crippen LogP contribution in [0.5, 0.6) is 11.5 Å². The molecule has 1 aromatic rings. The number of aliphatic carboxylic acids is 1. The van der Waals surface area contributed by atoms with Crippen LogP contribution in [0.25, 0.3) is 0 Å². The van der Waals surface area contributed by atoms with Crippen molar-refractivity contribution in [1.29, 1.82) is 0 Å². The average molecular weight is 589 g/mol. The van der Waals surface area contributed by atoms with E-state index in [4.69, 9.17) is 24.1 Å². The van der Waals surface area contributed by atoms with Gasteiger partial charge in [-0.25, -0.2) is 9.59 Å². The number of hydrogen-bond acceptors (Lipinski definition) is 11. The van der Waals surface area contributed by atoms with Crippen LogP contribution in [0.1, 0.15) is 50.7 Å². The number of carbonyl (C=O) groups excluding carboxylic acids is 3. The van der Waals surface area contributed by atoms with Crippen LogP contribution in [-0.2, 0) is 40.5 Å². The molecule has 228 valence electrons. The van der Waals surface area contributed by atoms with Crippen LogP contribution in [0.15, 0.2) is 24.0 Å². The first-order valence-corrected chi connectivity index (χ1v) is 14.0. The van der Waals surface area contributed by atoms with Crippen molar-refractivity contribution in [2.24, 2.45) is 0 Å². The molecule has 1 fully saturated rings. The van der Waals surface area contributed by atoms with Gasteiger partial charge in [-0.05, 0) is 64.4 Å². The number of likely N-dealkylation sites (tertiary alicyclic amines) is 1. The summed E-state index contributed by atoms with van der Waals surface area (Å²) >= 11 is 0. The Morgan fingerprint density at radius 1 is 1.21 bits per heavy atom. The van der Waals surface area contributed by atoms with E-state index >= 15 is 0 Å². The number of nitrogens with one attached hydrogen (secondary N) is 1. The third-order valence-electron chi connectivity index (χ3n) is 9.03. The molecular weight excluding hydrogens is 552 g/mol. The summed E-state index contributed by atoms with van der Waals surface area (Å²) in [5.74, 6) is -2.85. The van der Waals surface area contributed by atoms with Crippen LogP contribution in [0.3, 0.4) is 0 Å². The molecule has 0 saturated carbocycles. The second-order valence-corrected chi connectivity index (χ2v) is 11.5. The number of carbonyl (C=O) groups is 4. The molecular formula is C29H36N2O11. The molecule has 13 nitrogen and oxygen atoms in total. The van der Waals surface area contributed by atoms with Crippen molar-refractivity contribution in [2.45, 2.75) is 87.4 Å². The maximum atomic E-state index is 13.2. The Bertz CT molecular complexity index is 1340. The summed E-state index contributed by atoms with van der Waals surface area (Å²) in [5.41, 5.74) is -0.173. The number of hydrogen-bond donors (Lipinski definition) is 4. The van der Waals surface area contributed by atoms with Crippen molar-refractivity contribution in [1.82, 2.24) is 10.2 Å². The number of aliphatic hydroxyl groups excluding tert-OH is 1. The SMILES string of the molecule is COc1ccc2c3c1O[C@H]1C(OC(=O)C(C)OC(=O)C(CCC(=O)O)NC(=O)C(C)O)=CC[C@@]4(O)[C@@H](C2)N(C)CC[C@]314. The van der Waals surface area contributed by atoms with Gasteiger partial charge in [0.05, 0.1) is 18.1 Å². The molecule has 42 heavy (non-hydrogen) atoms. The number of aliphatic hydroxyl groups is 2. The number of amides is 1. The molecule has 2 aliphatic heterocycles. The normalized spacial score (nSPS) is 29.1. The summed E-state index contributed by atoms with van der Waals surface area (Å²) in [7, 11) is 3.52. The van der Waals surface area contributed by atoms with Gasteiger partial charge in [-0.2, -0.15) is 0 Å². The molecule has 1 saturated heterocycles. The largest absolute Gasteiger partial charge is 0.493 e. The maximum Gasteiger partial charge on any atom is 0.352 e. The first-order chi connectivity index (χ1) is 19.8. The Labute approximate surface area is 242 Å². The number of likely N-dealkylation sites (N-methyl/N-ethyl adjacent to an activating group) is 1. The molecule has 1 aromatic carbocycles. The highest BCUT2D eigenvalue weighted by atomic mass is 16.6. The van der Waals surface area contributed by atoms with E-state index in [1.54, 1.807) is 6.08 Å². The van der Waals surface area contributed by atoms with Gasteiger partial charge in [0.1, 0.15) is 17.9 Å². The summed E-state index contributed by atoms with van der Waals surface area (Å²) in [6.45, 7) is 3.17. The van der Waals surface area contributed by atoms with Crippen molar-refractivity contribution in [3.63, 3.8) is 0 Å². The predicted octanol–water partition coefficient (Wildman–Crippen LogP) is 0.178. The summed E-state index contributed by atoms with van der Waals surface area (Å²) in [5, 5.41) is 33.0. The molecule has 3 unspecified atom stereocenters. The van der Waals surface area contributed by atoms with Crippen LogP contribution in [0.4, 0.5) is 0 Å². The minimum atomic E-state index is -1.45. The van der Waals surface area contributed by atoms with Crippen molar-refractivity contribution in [2.75, 3.05) is 20.7 Å². The Morgan fingerprint density at radius 2 is 1.95 bits per heavy atom. The molecule has 0 radical (unpaired) electrons. The monoisotopic (exact) mass is 588 g/mol. The van der Waals surface area contributed by atoms with Gasteiger partial charge < -0.3 is 44.5 Å². The van der Waals surface area contributed by atoms with E-state index in [0.29, 0.717) is 30.9 Å². The van der Waals surface area contributed by atoms with Gasteiger partial charge in [0.15, 0.2) is 23.7 Å². The molecule has 13 heteroatoms. The highest BCUT2D eigenvalue weighted by Crippen LogP contribution is 2.65. The number of carboxylic acid groups (broad SMARTS) is 1. The number of carboxylic acids is 1. The lowest BCUT2D eigenvalue weighted by atomic mass is 9.50. The number of piperidine rings is 1. The first kappa shape index (κ1) is 29.8. The maximum absolute atomic E-state index is 13.2. The number of nitrogens with zero attached hydrogens (tertiary/aromatic N) is 1. The van der Waals surface area contributed by atoms with Crippen LogP contribution >= 0.6 is 0 Å². The molecule has 2 aliphatic carbocycles. The molecule has 4 aliphatic rings. The highest BCUT2D eigenvalue weighted by Gasteiger charge is 2.72. The molecule has 2 bridgehead atoms. The minimum Gasteiger partial charge on any atom is -0.493 e. The van der Waals surface area contributed by atoms with Gasteiger partial charge >= 0.3 is 17.9 Å². The van der Waals surface area contributed by atoms with E-state index < -0.39 is 65.6 Å². The van der Waals surface area contributed by atoms with Gasteiger partial charge in [-0.1, -0.05) is 6.07 Å². The van der Waals surface area contributed by atoms with Gasteiger partial charge in [0.25, 0.3) is 0 Å². The molecule has 7 atom stereocenters. The lowest BCUT2D eigenvalue weighted by Crippen LogP contribution is -2.74. The van der Waals surface area contributed by atoms with Crippen LogP contribution < -0.4 is 14.8 Å². The van der Waals surface area contributed by atoms with Crippen molar-refractivity contribution in [3.8, 4) is 11.5 Å². The van der Waals surface area contributed by atoms with Crippen LogP contribution in [0, 0.1) is 0 Å². The third-order valence-corrected chi connectivity index (χ3v) is 9.03. The minimum absolute atomic E-state index is 0.183. The first-order valence-electron chi connectivity index (χ1n) is 14.0. The van der Waals surface area contributed by atoms with Crippen LogP contribution in [-0.4, -0.2) is 101 Å². The molecule has 2 heterocycles. The van der Waals surface area contributed by atoms with E-state index in [0.717, 1.165) is 11.1 Å². The smallest absolute Gasteiger partial charge is 0.352 e. The number of methoxy groups -OCH3 is 1. The van der Waals surface area contributed by atoms with E-state index in [-0.39, 0.29) is 24.6 Å². The zero-order valence-corrected chi connectivity index (χ0v) is 23.9. The molecule has 4 N–H and O–H groups in total.